The lowest BCUT2D eigenvalue weighted by atomic mass is 10.1. The minimum Gasteiger partial charge on any atom is -0.462 e. The zero-order valence-electron chi connectivity index (χ0n) is 9.74. The number of hydrogen-bond acceptors (Lipinski definition) is 3. The number of furan rings is 1. The van der Waals surface area contributed by atoms with E-state index in [2.05, 4.69) is 17.1 Å². The van der Waals surface area contributed by atoms with Crippen LogP contribution >= 0.6 is 0 Å². The summed E-state index contributed by atoms with van der Waals surface area (Å²) in [6.45, 7) is 4.64. The first-order chi connectivity index (χ1) is 8.27. The van der Waals surface area contributed by atoms with Crippen molar-refractivity contribution in [2.45, 2.75) is 13.0 Å². The fourth-order valence-electron chi connectivity index (χ4n) is 2.43. The summed E-state index contributed by atoms with van der Waals surface area (Å²) in [5.41, 5.74) is 1.25. The largest absolute Gasteiger partial charge is 0.462 e. The number of fused-ring (bicyclic) bond motifs is 1. The van der Waals surface area contributed by atoms with E-state index in [-0.39, 0.29) is 11.9 Å². The van der Waals surface area contributed by atoms with Crippen molar-refractivity contribution in [3.63, 3.8) is 0 Å². The third-order valence-electron chi connectivity index (χ3n) is 3.33. The van der Waals surface area contributed by atoms with E-state index in [0.29, 0.717) is 11.3 Å². The molecule has 0 bridgehead atoms. The predicted octanol–water partition coefficient (Wildman–Crippen LogP) is 2.37. The van der Waals surface area contributed by atoms with Crippen LogP contribution in [0.15, 0.2) is 28.9 Å². The van der Waals surface area contributed by atoms with Crippen molar-refractivity contribution in [3.8, 4) is 0 Å². The van der Waals surface area contributed by atoms with Gasteiger partial charge >= 0.3 is 0 Å². The molecule has 0 amide bonds. The maximum absolute atomic E-state index is 14.0. The summed E-state index contributed by atoms with van der Waals surface area (Å²) in [7, 11) is 0. The predicted molar refractivity (Wildman–Crippen MR) is 65.8 cm³/mol. The highest BCUT2D eigenvalue weighted by Gasteiger charge is 2.24. The summed E-state index contributed by atoms with van der Waals surface area (Å²) < 4.78 is 19.5. The minimum atomic E-state index is -0.207. The molecule has 0 saturated carbocycles. The van der Waals surface area contributed by atoms with E-state index < -0.39 is 0 Å². The molecule has 17 heavy (non-hydrogen) atoms. The van der Waals surface area contributed by atoms with Crippen molar-refractivity contribution >= 4 is 16.7 Å². The van der Waals surface area contributed by atoms with Gasteiger partial charge in [0.25, 0.3) is 0 Å². The highest BCUT2D eigenvalue weighted by molar-refractivity contribution is 5.90. The monoisotopic (exact) mass is 234 g/mol. The zero-order chi connectivity index (χ0) is 11.8. The number of piperazine rings is 1. The standard InChI is InChI=1S/C13H15FN2O/c1-9-8-15-5-6-16(9)12-11(14)3-2-10-4-7-17-13(10)12/h2-4,7,9,15H,5-6,8H2,1H3/t9-/m0/s1. The van der Waals surface area contributed by atoms with Gasteiger partial charge in [0.1, 0.15) is 11.5 Å². The molecular formula is C13H15FN2O. The van der Waals surface area contributed by atoms with Crippen LogP contribution in [-0.4, -0.2) is 25.7 Å². The molecule has 90 valence electrons. The topological polar surface area (TPSA) is 28.4 Å². The van der Waals surface area contributed by atoms with Crippen LogP contribution in [0.5, 0.6) is 0 Å². The molecule has 1 aromatic heterocycles. The molecule has 1 N–H and O–H groups in total. The molecule has 1 aliphatic rings. The van der Waals surface area contributed by atoms with Gasteiger partial charge in [-0.15, -0.1) is 0 Å². The third-order valence-corrected chi connectivity index (χ3v) is 3.33. The smallest absolute Gasteiger partial charge is 0.160 e. The van der Waals surface area contributed by atoms with Crippen LogP contribution < -0.4 is 10.2 Å². The summed E-state index contributed by atoms with van der Waals surface area (Å²) in [6, 6.07) is 5.41. The number of hydrogen-bond donors (Lipinski definition) is 1. The van der Waals surface area contributed by atoms with Crippen LogP contribution in [0.1, 0.15) is 6.92 Å². The van der Waals surface area contributed by atoms with E-state index in [1.54, 1.807) is 12.3 Å². The van der Waals surface area contributed by atoms with Crippen molar-refractivity contribution in [2.24, 2.45) is 0 Å². The molecule has 0 radical (unpaired) electrons. The Balaban J connectivity index is 2.14. The highest BCUT2D eigenvalue weighted by atomic mass is 19.1. The first-order valence-electron chi connectivity index (χ1n) is 5.90. The summed E-state index contributed by atoms with van der Waals surface area (Å²) in [5, 5.41) is 4.25. The molecule has 0 unspecified atom stereocenters. The average molecular weight is 234 g/mol. The van der Waals surface area contributed by atoms with Crippen LogP contribution in [0.2, 0.25) is 0 Å². The summed E-state index contributed by atoms with van der Waals surface area (Å²) >= 11 is 0. The Morgan fingerprint density at radius 3 is 3.12 bits per heavy atom. The lowest BCUT2D eigenvalue weighted by molar-refractivity contribution is 0.488. The molecule has 1 fully saturated rings. The van der Waals surface area contributed by atoms with Gasteiger partial charge in [0, 0.05) is 31.1 Å². The second-order valence-electron chi connectivity index (χ2n) is 4.48. The quantitative estimate of drug-likeness (QED) is 0.821. The van der Waals surface area contributed by atoms with Crippen molar-refractivity contribution < 1.29 is 8.81 Å². The normalized spacial score (nSPS) is 21.1. The molecule has 0 aliphatic carbocycles. The van der Waals surface area contributed by atoms with Crippen LogP contribution in [0.3, 0.4) is 0 Å². The number of anilines is 1. The molecule has 3 nitrogen and oxygen atoms in total. The molecule has 3 rings (SSSR count). The molecule has 1 aliphatic heterocycles. The SMILES string of the molecule is C[C@H]1CNCCN1c1c(F)ccc2ccoc12. The number of nitrogens with one attached hydrogen (secondary N) is 1. The molecule has 1 saturated heterocycles. The van der Waals surface area contributed by atoms with Crippen LogP contribution in [0.25, 0.3) is 11.0 Å². The number of benzene rings is 1. The van der Waals surface area contributed by atoms with Crippen molar-refractivity contribution in [1.82, 2.24) is 5.32 Å². The third kappa shape index (κ3) is 1.69. The average Bonchev–Trinajstić information content (AvgIpc) is 2.79. The molecule has 1 aromatic carbocycles. The minimum absolute atomic E-state index is 0.207. The van der Waals surface area contributed by atoms with E-state index in [1.807, 2.05) is 6.07 Å². The Morgan fingerprint density at radius 2 is 2.29 bits per heavy atom. The Bertz CT molecular complexity index is 537. The van der Waals surface area contributed by atoms with Gasteiger partial charge in [-0.1, -0.05) is 0 Å². The van der Waals surface area contributed by atoms with E-state index in [0.717, 1.165) is 25.0 Å². The Hall–Kier alpha value is -1.55. The lowest BCUT2D eigenvalue weighted by Gasteiger charge is -2.35. The van der Waals surface area contributed by atoms with Crippen molar-refractivity contribution in [1.29, 1.82) is 0 Å². The first kappa shape index (κ1) is 10.6. The molecular weight excluding hydrogens is 219 g/mol. The Labute approximate surface area is 99.2 Å². The zero-order valence-corrected chi connectivity index (χ0v) is 9.74. The van der Waals surface area contributed by atoms with E-state index >= 15 is 0 Å². The van der Waals surface area contributed by atoms with Gasteiger partial charge in [-0.05, 0) is 25.1 Å². The van der Waals surface area contributed by atoms with Crippen LogP contribution in [-0.2, 0) is 0 Å². The summed E-state index contributed by atoms with van der Waals surface area (Å²) in [6.07, 6.45) is 1.61. The summed E-state index contributed by atoms with van der Waals surface area (Å²) in [5.74, 6) is -0.207. The fourth-order valence-corrected chi connectivity index (χ4v) is 2.43. The maximum Gasteiger partial charge on any atom is 0.160 e. The molecule has 2 aromatic rings. The van der Waals surface area contributed by atoms with Crippen molar-refractivity contribution in [2.75, 3.05) is 24.5 Å². The Kier molecular flexibility index (Phi) is 2.52. The Morgan fingerprint density at radius 1 is 1.41 bits per heavy atom. The van der Waals surface area contributed by atoms with Gasteiger partial charge in [0.2, 0.25) is 0 Å². The highest BCUT2D eigenvalue weighted by Crippen LogP contribution is 2.32. The van der Waals surface area contributed by atoms with Crippen LogP contribution in [0, 0.1) is 5.82 Å². The van der Waals surface area contributed by atoms with Crippen LogP contribution in [0.4, 0.5) is 10.1 Å². The molecule has 1 atom stereocenters. The number of halogens is 1. The number of rotatable bonds is 1. The lowest BCUT2D eigenvalue weighted by Crippen LogP contribution is -2.50. The van der Waals surface area contributed by atoms with E-state index in [1.165, 1.54) is 6.07 Å². The fraction of sp³-hybridized carbons (Fsp3) is 0.385. The second-order valence-corrected chi connectivity index (χ2v) is 4.48. The van der Waals surface area contributed by atoms with E-state index in [9.17, 15) is 4.39 Å². The molecule has 2 heterocycles. The van der Waals surface area contributed by atoms with Gasteiger partial charge < -0.3 is 14.6 Å². The van der Waals surface area contributed by atoms with Gasteiger partial charge in [0.15, 0.2) is 5.58 Å². The van der Waals surface area contributed by atoms with Gasteiger partial charge in [0.05, 0.1) is 6.26 Å². The molecule has 0 spiro atoms. The molecule has 4 heteroatoms. The summed E-state index contributed by atoms with van der Waals surface area (Å²) in [4.78, 5) is 2.08. The van der Waals surface area contributed by atoms with E-state index in [4.69, 9.17) is 4.42 Å². The van der Waals surface area contributed by atoms with Crippen molar-refractivity contribution in [3.05, 3.63) is 30.3 Å². The van der Waals surface area contributed by atoms with Gasteiger partial charge in [-0.25, -0.2) is 4.39 Å². The van der Waals surface area contributed by atoms with Gasteiger partial charge in [-0.2, -0.15) is 0 Å². The first-order valence-corrected chi connectivity index (χ1v) is 5.90. The maximum atomic E-state index is 14.0. The second kappa shape index (κ2) is 4.04. The van der Waals surface area contributed by atoms with Gasteiger partial charge in [-0.3, -0.25) is 0 Å². The number of nitrogens with zero attached hydrogens (tertiary/aromatic N) is 1.